The molecule has 2 N–H and O–H groups in total. The van der Waals surface area contributed by atoms with E-state index in [-0.39, 0.29) is 10.8 Å². The molecule has 1 aromatic carbocycles. The molecule has 0 radical (unpaired) electrons. The van der Waals surface area contributed by atoms with E-state index in [9.17, 15) is 13.2 Å². The van der Waals surface area contributed by atoms with E-state index in [1.807, 2.05) is 30.5 Å². The highest BCUT2D eigenvalue weighted by Gasteiger charge is 2.15. The van der Waals surface area contributed by atoms with Gasteiger partial charge in [-0.1, -0.05) is 6.07 Å². The lowest BCUT2D eigenvalue weighted by atomic mass is 10.2. The van der Waals surface area contributed by atoms with Crippen molar-refractivity contribution in [3.8, 4) is 0 Å². The van der Waals surface area contributed by atoms with Crippen molar-refractivity contribution in [3.63, 3.8) is 0 Å². The summed E-state index contributed by atoms with van der Waals surface area (Å²) in [6.07, 6.45) is 2.25. The smallest absolute Gasteiger partial charge is 0.256 e. The Balaban J connectivity index is 1.62. The molecule has 2 heterocycles. The summed E-state index contributed by atoms with van der Waals surface area (Å²) in [7, 11) is -3.61. The molecule has 6 nitrogen and oxygen atoms in total. The van der Waals surface area contributed by atoms with Crippen molar-refractivity contribution in [3.05, 3.63) is 76.1 Å². The molecule has 3 rings (SSSR count). The van der Waals surface area contributed by atoms with Crippen LogP contribution in [0.5, 0.6) is 0 Å². The predicted molar refractivity (Wildman–Crippen MR) is 107 cm³/mol. The van der Waals surface area contributed by atoms with Gasteiger partial charge in [-0.2, -0.15) is 0 Å². The largest absolute Gasteiger partial charge is 0.307 e. The van der Waals surface area contributed by atoms with E-state index >= 15 is 0 Å². The van der Waals surface area contributed by atoms with Crippen molar-refractivity contribution in [2.75, 3.05) is 11.9 Å². The Hall–Kier alpha value is -2.55. The number of hydrogen-bond acceptors (Lipinski definition) is 5. The summed E-state index contributed by atoms with van der Waals surface area (Å²) in [5.74, 6) is 0.106. The quantitative estimate of drug-likeness (QED) is 0.636. The number of carbonyl (C=O) groups is 1. The average Bonchev–Trinajstić information content (AvgIpc) is 3.15. The van der Waals surface area contributed by atoms with Crippen LogP contribution in [0.1, 0.15) is 20.8 Å². The molecule has 0 unspecified atom stereocenters. The maximum Gasteiger partial charge on any atom is 0.256 e. The van der Waals surface area contributed by atoms with Crippen LogP contribution in [-0.4, -0.2) is 25.9 Å². The Bertz CT molecular complexity index is 1010. The molecule has 2 aromatic heterocycles. The van der Waals surface area contributed by atoms with Crippen LogP contribution < -0.4 is 10.0 Å². The molecule has 0 spiro atoms. The Morgan fingerprint density at radius 3 is 2.59 bits per heavy atom. The number of pyridine rings is 1. The first-order chi connectivity index (χ1) is 12.9. The van der Waals surface area contributed by atoms with Gasteiger partial charge in [-0.15, -0.1) is 11.3 Å². The molecular formula is C19H19N3O3S2. The van der Waals surface area contributed by atoms with Gasteiger partial charge in [0.15, 0.2) is 0 Å². The fourth-order valence-corrected chi connectivity index (χ4v) is 4.17. The molecule has 0 saturated heterocycles. The summed E-state index contributed by atoms with van der Waals surface area (Å²) >= 11 is 1.59. The van der Waals surface area contributed by atoms with Gasteiger partial charge in [0.05, 0.1) is 4.90 Å². The number of sulfonamides is 1. The first-order valence-electron chi connectivity index (χ1n) is 8.30. The zero-order valence-corrected chi connectivity index (χ0v) is 16.3. The normalized spacial score (nSPS) is 11.3. The van der Waals surface area contributed by atoms with Gasteiger partial charge >= 0.3 is 0 Å². The maximum atomic E-state index is 12.4. The zero-order valence-electron chi connectivity index (χ0n) is 14.7. The minimum absolute atomic E-state index is 0.124. The molecule has 1 amide bonds. The lowest BCUT2D eigenvalue weighted by molar-refractivity contribution is 0.102. The average molecular weight is 402 g/mol. The summed E-state index contributed by atoms with van der Waals surface area (Å²) in [4.78, 5) is 17.6. The number of rotatable bonds is 7. The van der Waals surface area contributed by atoms with E-state index < -0.39 is 10.0 Å². The lowest BCUT2D eigenvalue weighted by Gasteiger charge is -2.08. The van der Waals surface area contributed by atoms with Crippen LogP contribution in [0.4, 0.5) is 5.82 Å². The fourth-order valence-electron chi connectivity index (χ4n) is 2.43. The highest BCUT2D eigenvalue weighted by atomic mass is 32.2. The van der Waals surface area contributed by atoms with Crippen molar-refractivity contribution in [1.82, 2.24) is 9.71 Å². The predicted octanol–water partition coefficient (Wildman–Crippen LogP) is 3.22. The van der Waals surface area contributed by atoms with Gasteiger partial charge in [-0.25, -0.2) is 18.1 Å². The molecule has 0 atom stereocenters. The van der Waals surface area contributed by atoms with Crippen molar-refractivity contribution in [2.24, 2.45) is 0 Å². The molecule has 27 heavy (non-hydrogen) atoms. The standard InChI is InChI=1S/C19H19N3O3S2/c1-14-8-10-20-18(13-14)22-19(23)15-4-6-17(7-5-15)27(24,25)21-11-9-16-3-2-12-26-16/h2-8,10,12-13,21H,9,11H2,1H3,(H,20,22,23). The summed E-state index contributed by atoms with van der Waals surface area (Å²) in [5, 5.41) is 4.65. The molecule has 0 aliphatic carbocycles. The molecule has 0 bridgehead atoms. The van der Waals surface area contributed by atoms with Gasteiger partial charge in [0.25, 0.3) is 5.91 Å². The van der Waals surface area contributed by atoms with Crippen LogP contribution in [0.3, 0.4) is 0 Å². The van der Waals surface area contributed by atoms with Crippen LogP contribution >= 0.6 is 11.3 Å². The first-order valence-corrected chi connectivity index (χ1v) is 10.7. The number of thiophene rings is 1. The third-order valence-electron chi connectivity index (χ3n) is 3.83. The fraction of sp³-hybridized carbons (Fsp3) is 0.158. The number of aryl methyl sites for hydroxylation is 1. The number of amides is 1. The van der Waals surface area contributed by atoms with Crippen LogP contribution in [0, 0.1) is 6.92 Å². The molecule has 0 aliphatic rings. The molecule has 3 aromatic rings. The molecule has 8 heteroatoms. The van der Waals surface area contributed by atoms with E-state index in [4.69, 9.17) is 0 Å². The Labute approximate surface area is 162 Å². The molecular weight excluding hydrogens is 382 g/mol. The van der Waals surface area contributed by atoms with Crippen molar-refractivity contribution < 1.29 is 13.2 Å². The monoisotopic (exact) mass is 401 g/mol. The second kappa shape index (κ2) is 8.43. The van der Waals surface area contributed by atoms with E-state index in [2.05, 4.69) is 15.0 Å². The van der Waals surface area contributed by atoms with Crippen LogP contribution in [0.2, 0.25) is 0 Å². The van der Waals surface area contributed by atoms with E-state index in [0.29, 0.717) is 24.3 Å². The number of hydrogen-bond donors (Lipinski definition) is 2. The molecule has 0 aliphatic heterocycles. The van der Waals surface area contributed by atoms with E-state index in [0.717, 1.165) is 10.4 Å². The Kier molecular flexibility index (Phi) is 6.00. The van der Waals surface area contributed by atoms with Gasteiger partial charge in [-0.3, -0.25) is 4.79 Å². The van der Waals surface area contributed by atoms with Crippen molar-refractivity contribution >= 4 is 33.1 Å². The van der Waals surface area contributed by atoms with Gasteiger partial charge in [0, 0.05) is 23.2 Å². The minimum atomic E-state index is -3.61. The van der Waals surface area contributed by atoms with Gasteiger partial charge in [0.2, 0.25) is 10.0 Å². The molecule has 0 fully saturated rings. The van der Waals surface area contributed by atoms with Gasteiger partial charge < -0.3 is 5.32 Å². The Morgan fingerprint density at radius 1 is 1.15 bits per heavy atom. The van der Waals surface area contributed by atoms with E-state index in [1.54, 1.807) is 23.6 Å². The van der Waals surface area contributed by atoms with Crippen LogP contribution in [0.15, 0.2) is 65.0 Å². The number of anilines is 1. The lowest BCUT2D eigenvalue weighted by Crippen LogP contribution is -2.26. The van der Waals surface area contributed by atoms with E-state index in [1.165, 1.54) is 24.3 Å². The van der Waals surface area contributed by atoms with Crippen molar-refractivity contribution in [2.45, 2.75) is 18.2 Å². The number of benzene rings is 1. The zero-order chi connectivity index (χ0) is 19.3. The first kappa shape index (κ1) is 19.2. The third-order valence-corrected chi connectivity index (χ3v) is 6.24. The maximum absolute atomic E-state index is 12.4. The van der Waals surface area contributed by atoms with Crippen molar-refractivity contribution in [1.29, 1.82) is 0 Å². The highest BCUT2D eigenvalue weighted by molar-refractivity contribution is 7.89. The number of nitrogens with zero attached hydrogens (tertiary/aromatic N) is 1. The second-order valence-corrected chi connectivity index (χ2v) is 8.72. The summed E-state index contributed by atoms with van der Waals surface area (Å²) < 4.78 is 27.3. The SMILES string of the molecule is Cc1ccnc(NC(=O)c2ccc(S(=O)(=O)NCCc3cccs3)cc2)c1. The van der Waals surface area contributed by atoms with Crippen LogP contribution in [-0.2, 0) is 16.4 Å². The number of carbonyl (C=O) groups excluding carboxylic acids is 1. The summed E-state index contributed by atoms with van der Waals surface area (Å²) in [5.41, 5.74) is 1.34. The second-order valence-electron chi connectivity index (χ2n) is 5.92. The Morgan fingerprint density at radius 2 is 1.93 bits per heavy atom. The van der Waals surface area contributed by atoms with Gasteiger partial charge in [-0.05, 0) is 66.8 Å². The highest BCUT2D eigenvalue weighted by Crippen LogP contribution is 2.14. The van der Waals surface area contributed by atoms with Crippen LogP contribution in [0.25, 0.3) is 0 Å². The third kappa shape index (κ3) is 5.22. The minimum Gasteiger partial charge on any atom is -0.307 e. The molecule has 0 saturated carbocycles. The van der Waals surface area contributed by atoms with Gasteiger partial charge in [0.1, 0.15) is 5.82 Å². The number of aromatic nitrogens is 1. The summed E-state index contributed by atoms with van der Waals surface area (Å²) in [6, 6.07) is 13.3. The molecule has 140 valence electrons. The number of nitrogens with one attached hydrogen (secondary N) is 2. The summed E-state index contributed by atoms with van der Waals surface area (Å²) in [6.45, 7) is 2.23. The topological polar surface area (TPSA) is 88.2 Å².